The zero-order valence-corrected chi connectivity index (χ0v) is 14.4. The number of nitro benzene ring substituents is 1. The molecule has 1 aliphatic heterocycles. The van der Waals surface area contributed by atoms with Gasteiger partial charge in [0.2, 0.25) is 11.8 Å². The first-order valence-corrected chi connectivity index (χ1v) is 8.27. The van der Waals surface area contributed by atoms with Gasteiger partial charge in [0.15, 0.2) is 0 Å². The van der Waals surface area contributed by atoms with Crippen molar-refractivity contribution in [1.82, 2.24) is 9.55 Å². The maximum Gasteiger partial charge on any atom is 0.271 e. The summed E-state index contributed by atoms with van der Waals surface area (Å²) in [5, 5.41) is 13.7. The molecule has 10 heteroatoms. The number of anilines is 2. The number of fused-ring (bicyclic) bond motifs is 2. The van der Waals surface area contributed by atoms with Crippen LogP contribution in [-0.2, 0) is 16.1 Å². The molecule has 3 aromatic rings. The van der Waals surface area contributed by atoms with Gasteiger partial charge in [-0.3, -0.25) is 34.0 Å². The fourth-order valence-electron chi connectivity index (χ4n) is 3.06. The number of para-hydroxylation sites is 2. The molecule has 0 radical (unpaired) electrons. The fourth-order valence-corrected chi connectivity index (χ4v) is 3.06. The van der Waals surface area contributed by atoms with Crippen molar-refractivity contribution in [2.75, 3.05) is 16.8 Å². The summed E-state index contributed by atoms with van der Waals surface area (Å²) in [6.45, 7) is -0.474. The van der Waals surface area contributed by atoms with Gasteiger partial charge < -0.3 is 5.32 Å². The number of non-ortho nitro benzene ring substituents is 1. The predicted octanol–water partition coefficient (Wildman–Crippen LogP) is 1.29. The Morgan fingerprint density at radius 3 is 2.79 bits per heavy atom. The lowest BCUT2D eigenvalue weighted by Crippen LogP contribution is -2.44. The summed E-state index contributed by atoms with van der Waals surface area (Å²) in [5.41, 5.74) is 0.561. The second-order valence-electron chi connectivity index (χ2n) is 6.18. The Morgan fingerprint density at radius 2 is 2.00 bits per heavy atom. The summed E-state index contributed by atoms with van der Waals surface area (Å²) in [6.07, 6.45) is 1.17. The summed E-state index contributed by atoms with van der Waals surface area (Å²) < 4.78 is 1.12. The third-order valence-electron chi connectivity index (χ3n) is 4.40. The molecule has 0 atom stereocenters. The van der Waals surface area contributed by atoms with E-state index in [2.05, 4.69) is 10.3 Å². The average Bonchev–Trinajstić information content (AvgIpc) is 2.69. The van der Waals surface area contributed by atoms with Crippen LogP contribution in [0.3, 0.4) is 0 Å². The molecule has 1 N–H and O–H groups in total. The molecule has 0 saturated carbocycles. The van der Waals surface area contributed by atoms with Crippen molar-refractivity contribution >= 4 is 39.8 Å². The molecule has 2 amide bonds. The molecule has 2 aromatic carbocycles. The Bertz CT molecular complexity index is 1200. The number of carbonyl (C=O) groups excluding carboxylic acids is 2. The first-order chi connectivity index (χ1) is 13.4. The summed E-state index contributed by atoms with van der Waals surface area (Å²) in [7, 11) is 0. The maximum atomic E-state index is 12.8. The Balaban J connectivity index is 1.67. The molecule has 28 heavy (non-hydrogen) atoms. The normalized spacial score (nSPS) is 13.1. The third kappa shape index (κ3) is 2.96. The van der Waals surface area contributed by atoms with Crippen molar-refractivity contribution in [3.63, 3.8) is 0 Å². The molecular formula is C18H13N5O5. The fraction of sp³-hybridized carbons (Fsp3) is 0.111. The SMILES string of the molecule is O=C1CN(C(=O)Cn2cnc3cc([N+](=O)[O-])ccc3c2=O)c2ccccc2N1. The Hall–Kier alpha value is -4.08. The molecule has 10 nitrogen and oxygen atoms in total. The lowest BCUT2D eigenvalue weighted by Gasteiger charge is -2.29. The predicted molar refractivity (Wildman–Crippen MR) is 100 cm³/mol. The van der Waals surface area contributed by atoms with Gasteiger partial charge in [-0.15, -0.1) is 0 Å². The van der Waals surface area contributed by atoms with E-state index in [0.717, 1.165) is 4.57 Å². The molecule has 0 saturated heterocycles. The number of nitro groups is 1. The number of carbonyl (C=O) groups is 2. The van der Waals surface area contributed by atoms with Crippen molar-refractivity contribution < 1.29 is 14.5 Å². The van der Waals surface area contributed by atoms with Gasteiger partial charge in [0, 0.05) is 12.1 Å². The first-order valence-electron chi connectivity index (χ1n) is 8.27. The number of nitrogens with one attached hydrogen (secondary N) is 1. The monoisotopic (exact) mass is 379 g/mol. The molecule has 0 bridgehead atoms. The van der Waals surface area contributed by atoms with Crippen LogP contribution in [0.2, 0.25) is 0 Å². The van der Waals surface area contributed by atoms with Gasteiger partial charge in [-0.05, 0) is 18.2 Å². The van der Waals surface area contributed by atoms with Crippen LogP contribution in [-0.4, -0.2) is 32.8 Å². The largest absolute Gasteiger partial charge is 0.323 e. The Kier molecular flexibility index (Phi) is 4.07. The van der Waals surface area contributed by atoms with Crippen molar-refractivity contribution in [2.45, 2.75) is 6.54 Å². The number of benzene rings is 2. The minimum Gasteiger partial charge on any atom is -0.323 e. The average molecular weight is 379 g/mol. The molecule has 1 aliphatic rings. The minimum absolute atomic E-state index is 0.155. The van der Waals surface area contributed by atoms with Gasteiger partial charge in [0.1, 0.15) is 13.1 Å². The van der Waals surface area contributed by atoms with Crippen LogP contribution in [0.25, 0.3) is 10.9 Å². The highest BCUT2D eigenvalue weighted by atomic mass is 16.6. The molecule has 4 rings (SSSR count). The highest BCUT2D eigenvalue weighted by molar-refractivity contribution is 6.09. The van der Waals surface area contributed by atoms with Crippen molar-refractivity contribution in [1.29, 1.82) is 0 Å². The lowest BCUT2D eigenvalue weighted by molar-refractivity contribution is -0.384. The van der Waals surface area contributed by atoms with E-state index in [1.54, 1.807) is 24.3 Å². The van der Waals surface area contributed by atoms with Crippen LogP contribution in [0.4, 0.5) is 17.1 Å². The van der Waals surface area contributed by atoms with Crippen molar-refractivity contribution in [3.8, 4) is 0 Å². The highest BCUT2D eigenvalue weighted by Gasteiger charge is 2.27. The van der Waals surface area contributed by atoms with E-state index in [-0.39, 0.29) is 35.6 Å². The van der Waals surface area contributed by atoms with E-state index in [0.29, 0.717) is 11.4 Å². The van der Waals surface area contributed by atoms with E-state index in [9.17, 15) is 24.5 Å². The number of rotatable bonds is 3. The summed E-state index contributed by atoms with van der Waals surface area (Å²) in [6, 6.07) is 10.6. The van der Waals surface area contributed by atoms with Crippen LogP contribution in [0.15, 0.2) is 53.6 Å². The molecule has 140 valence electrons. The maximum absolute atomic E-state index is 12.8. The van der Waals surface area contributed by atoms with E-state index in [1.807, 2.05) is 0 Å². The van der Waals surface area contributed by atoms with Gasteiger partial charge >= 0.3 is 0 Å². The minimum atomic E-state index is -0.574. The smallest absolute Gasteiger partial charge is 0.271 e. The van der Waals surface area contributed by atoms with Crippen LogP contribution in [0.5, 0.6) is 0 Å². The van der Waals surface area contributed by atoms with Gasteiger partial charge in [0.05, 0.1) is 33.5 Å². The Morgan fingerprint density at radius 1 is 1.21 bits per heavy atom. The van der Waals surface area contributed by atoms with Crippen LogP contribution < -0.4 is 15.8 Å². The molecule has 0 aliphatic carbocycles. The van der Waals surface area contributed by atoms with Gasteiger partial charge in [0.25, 0.3) is 11.2 Å². The molecule has 2 heterocycles. The number of amides is 2. The topological polar surface area (TPSA) is 127 Å². The quantitative estimate of drug-likeness (QED) is 0.539. The number of hydrogen-bond donors (Lipinski definition) is 1. The van der Waals surface area contributed by atoms with E-state index >= 15 is 0 Å². The number of hydrogen-bond acceptors (Lipinski definition) is 6. The second kappa shape index (κ2) is 6.58. The standard InChI is InChI=1S/C18H13N5O5/c24-16-8-22(15-4-2-1-3-13(15)20-16)17(25)9-21-10-19-14-7-11(23(27)28)5-6-12(14)18(21)26/h1-7,10H,8-9H2,(H,20,24). The third-order valence-corrected chi connectivity index (χ3v) is 4.40. The van der Waals surface area contributed by atoms with Gasteiger partial charge in [-0.2, -0.15) is 0 Å². The van der Waals surface area contributed by atoms with Crippen molar-refractivity contribution in [3.05, 3.63) is 69.3 Å². The second-order valence-corrected chi connectivity index (χ2v) is 6.18. The molecule has 0 spiro atoms. The summed E-state index contributed by atoms with van der Waals surface area (Å²) in [4.78, 5) is 52.9. The summed E-state index contributed by atoms with van der Waals surface area (Å²) >= 11 is 0. The molecule has 1 aromatic heterocycles. The first kappa shape index (κ1) is 17.3. The van der Waals surface area contributed by atoms with Gasteiger partial charge in [-0.1, -0.05) is 12.1 Å². The molecular weight excluding hydrogens is 366 g/mol. The highest BCUT2D eigenvalue weighted by Crippen LogP contribution is 2.29. The van der Waals surface area contributed by atoms with Crippen LogP contribution >= 0.6 is 0 Å². The lowest BCUT2D eigenvalue weighted by atomic mass is 10.2. The van der Waals surface area contributed by atoms with Gasteiger partial charge in [-0.25, -0.2) is 4.98 Å². The van der Waals surface area contributed by atoms with E-state index < -0.39 is 16.4 Å². The molecule has 0 fully saturated rings. The molecule has 0 unspecified atom stereocenters. The zero-order chi connectivity index (χ0) is 19.8. The summed E-state index contributed by atoms with van der Waals surface area (Å²) in [5.74, 6) is -0.782. The van der Waals surface area contributed by atoms with E-state index in [1.165, 1.54) is 29.4 Å². The Labute approximate surface area is 157 Å². The number of nitrogens with zero attached hydrogens (tertiary/aromatic N) is 4. The number of aromatic nitrogens is 2. The van der Waals surface area contributed by atoms with Crippen LogP contribution in [0.1, 0.15) is 0 Å². The van der Waals surface area contributed by atoms with Crippen molar-refractivity contribution in [2.24, 2.45) is 0 Å². The van der Waals surface area contributed by atoms with Crippen LogP contribution in [0, 0.1) is 10.1 Å². The zero-order valence-electron chi connectivity index (χ0n) is 14.4. The van der Waals surface area contributed by atoms with E-state index in [4.69, 9.17) is 0 Å².